The van der Waals surface area contributed by atoms with E-state index in [0.29, 0.717) is 15.8 Å². The van der Waals surface area contributed by atoms with Gasteiger partial charge in [-0.3, -0.25) is 14.9 Å². The van der Waals surface area contributed by atoms with Crippen LogP contribution in [0.4, 0.5) is 5.69 Å². The minimum Gasteiger partial charge on any atom is -0.304 e. The molecule has 7 heteroatoms. The first-order chi connectivity index (χ1) is 7.45. The van der Waals surface area contributed by atoms with Gasteiger partial charge in [-0.15, -0.1) is 0 Å². The lowest BCUT2D eigenvalue weighted by atomic mass is 10.3. The molecular weight excluding hydrogens is 296 g/mol. The van der Waals surface area contributed by atoms with Gasteiger partial charge in [-0.25, -0.2) is 0 Å². The van der Waals surface area contributed by atoms with Gasteiger partial charge in [0.25, 0.3) is 0 Å². The zero-order chi connectivity index (χ0) is 12.3. The van der Waals surface area contributed by atoms with Gasteiger partial charge in [0, 0.05) is 29.0 Å². The number of nitrogens with zero attached hydrogens (tertiary/aromatic N) is 2. The Balaban J connectivity index is 3.25. The lowest BCUT2D eigenvalue weighted by Crippen LogP contribution is -2.23. The van der Waals surface area contributed by atoms with Crippen molar-refractivity contribution in [3.63, 3.8) is 0 Å². The van der Waals surface area contributed by atoms with Gasteiger partial charge in [0.15, 0.2) is 0 Å². The van der Waals surface area contributed by atoms with E-state index in [1.54, 1.807) is 0 Å². The molecule has 0 fully saturated rings. The van der Waals surface area contributed by atoms with Crippen molar-refractivity contribution in [3.05, 3.63) is 49.4 Å². The Morgan fingerprint density at radius 2 is 2.31 bits per heavy atom. The zero-order valence-corrected chi connectivity index (χ0v) is 10.7. The highest BCUT2D eigenvalue weighted by molar-refractivity contribution is 9.10. The first-order valence-corrected chi connectivity index (χ1v) is 5.70. The Hall–Kier alpha value is -1.08. The number of hydrogen-bond acceptors (Lipinski definition) is 4. The van der Waals surface area contributed by atoms with E-state index < -0.39 is 16.2 Å². The smallest absolute Gasteiger partial charge is 0.304 e. The van der Waals surface area contributed by atoms with Gasteiger partial charge in [0.05, 0.1) is 4.92 Å². The molecule has 0 atom stereocenters. The quantitative estimate of drug-likeness (QED) is 0.400. The van der Waals surface area contributed by atoms with E-state index in [9.17, 15) is 14.9 Å². The third-order valence-electron chi connectivity index (χ3n) is 1.85. The van der Waals surface area contributed by atoms with Gasteiger partial charge < -0.3 is 4.57 Å². The zero-order valence-electron chi connectivity index (χ0n) is 8.22. The molecule has 0 radical (unpaired) electrons. The largest absolute Gasteiger partial charge is 0.335 e. The normalized spacial score (nSPS) is 10.1. The predicted octanol–water partition coefficient (Wildman–Crippen LogP) is 2.01. The topological polar surface area (TPSA) is 65.1 Å². The molecule has 0 saturated carbocycles. The number of halogens is 1. The van der Waals surface area contributed by atoms with Crippen LogP contribution in [-0.4, -0.2) is 15.2 Å². The fourth-order valence-electron chi connectivity index (χ4n) is 1.12. The maximum atomic E-state index is 11.6. The van der Waals surface area contributed by atoms with Gasteiger partial charge >= 0.3 is 11.2 Å². The number of pyridine rings is 1. The first-order valence-electron chi connectivity index (χ1n) is 4.27. The molecule has 0 amide bonds. The van der Waals surface area contributed by atoms with Crippen LogP contribution >= 0.6 is 28.6 Å². The average molecular weight is 305 g/mol. The van der Waals surface area contributed by atoms with E-state index in [1.165, 1.54) is 16.8 Å². The maximum absolute atomic E-state index is 11.6. The van der Waals surface area contributed by atoms with Gasteiger partial charge in [-0.1, -0.05) is 6.58 Å². The van der Waals surface area contributed by atoms with E-state index in [4.69, 9.17) is 0 Å². The Morgan fingerprint density at radius 1 is 1.69 bits per heavy atom. The van der Waals surface area contributed by atoms with Crippen LogP contribution < -0.4 is 5.56 Å². The highest BCUT2D eigenvalue weighted by Crippen LogP contribution is 2.14. The van der Waals surface area contributed by atoms with E-state index in [1.807, 2.05) is 0 Å². The summed E-state index contributed by atoms with van der Waals surface area (Å²) in [5.41, 5.74) is -0.393. The van der Waals surface area contributed by atoms with Gasteiger partial charge in [-0.2, -0.15) is 12.6 Å². The second-order valence-electron chi connectivity index (χ2n) is 3.14. The molecule has 1 aromatic heterocycles. The van der Waals surface area contributed by atoms with Crippen molar-refractivity contribution in [1.29, 1.82) is 0 Å². The summed E-state index contributed by atoms with van der Waals surface area (Å²) in [5.74, 6) is 0.423. The van der Waals surface area contributed by atoms with Crippen molar-refractivity contribution in [2.75, 3.05) is 5.75 Å². The van der Waals surface area contributed by atoms with Crippen molar-refractivity contribution >= 4 is 34.2 Å². The molecule has 0 aliphatic heterocycles. The average Bonchev–Trinajstić information content (AvgIpc) is 2.22. The van der Waals surface area contributed by atoms with Crippen LogP contribution in [0.25, 0.3) is 0 Å². The molecule has 0 spiro atoms. The third-order valence-corrected chi connectivity index (χ3v) is 2.73. The van der Waals surface area contributed by atoms with Crippen molar-refractivity contribution in [2.45, 2.75) is 6.54 Å². The molecule has 0 aromatic carbocycles. The minimum atomic E-state index is -0.701. The minimum absolute atomic E-state index is 0.225. The molecule has 0 N–H and O–H groups in total. The number of aromatic nitrogens is 1. The number of nitro groups is 1. The molecule has 86 valence electrons. The second-order valence-corrected chi connectivity index (χ2v) is 4.37. The molecule has 0 unspecified atom stereocenters. The first kappa shape index (κ1) is 13.0. The highest BCUT2D eigenvalue weighted by atomic mass is 79.9. The van der Waals surface area contributed by atoms with Crippen molar-refractivity contribution < 1.29 is 4.92 Å². The van der Waals surface area contributed by atoms with Crippen LogP contribution in [0.15, 0.2) is 33.7 Å². The Labute approximate surface area is 105 Å². The highest BCUT2D eigenvalue weighted by Gasteiger charge is 2.15. The monoisotopic (exact) mass is 304 g/mol. The lowest BCUT2D eigenvalue weighted by Gasteiger charge is -2.06. The summed E-state index contributed by atoms with van der Waals surface area (Å²) >= 11 is 7.13. The summed E-state index contributed by atoms with van der Waals surface area (Å²) in [6, 6.07) is 1.18. The number of thiol groups is 1. The Kier molecular flexibility index (Phi) is 4.31. The summed E-state index contributed by atoms with van der Waals surface area (Å²) in [5, 5.41) is 10.6. The van der Waals surface area contributed by atoms with Crippen LogP contribution in [0.1, 0.15) is 0 Å². The van der Waals surface area contributed by atoms with E-state index in [-0.39, 0.29) is 6.54 Å². The SMILES string of the molecule is C=C(CS)Cn1cc(Br)cc([N+](=O)[O-])c1=O. The molecule has 1 rings (SSSR count). The van der Waals surface area contributed by atoms with Crippen molar-refractivity contribution in [1.82, 2.24) is 4.57 Å². The molecule has 5 nitrogen and oxygen atoms in total. The molecule has 1 aromatic rings. The summed E-state index contributed by atoms with van der Waals surface area (Å²) in [6.45, 7) is 3.92. The summed E-state index contributed by atoms with van der Waals surface area (Å²) in [6.07, 6.45) is 1.49. The number of hydrogen-bond donors (Lipinski definition) is 1. The second kappa shape index (κ2) is 5.31. The van der Waals surface area contributed by atoms with Crippen LogP contribution in [0, 0.1) is 10.1 Å². The predicted molar refractivity (Wildman–Crippen MR) is 68.0 cm³/mol. The molecule has 1 heterocycles. The lowest BCUT2D eigenvalue weighted by molar-refractivity contribution is -0.386. The van der Waals surface area contributed by atoms with E-state index in [2.05, 4.69) is 35.1 Å². The van der Waals surface area contributed by atoms with Gasteiger partial charge in [0.2, 0.25) is 0 Å². The van der Waals surface area contributed by atoms with Crippen LogP contribution in [0.5, 0.6) is 0 Å². The van der Waals surface area contributed by atoms with Gasteiger partial charge in [0.1, 0.15) is 0 Å². The molecule has 0 bridgehead atoms. The molecule has 16 heavy (non-hydrogen) atoms. The van der Waals surface area contributed by atoms with Crippen LogP contribution in [0.2, 0.25) is 0 Å². The molecule has 0 saturated heterocycles. The fraction of sp³-hybridized carbons (Fsp3) is 0.222. The summed E-state index contributed by atoms with van der Waals surface area (Å²) in [7, 11) is 0. The standard InChI is InChI=1S/C9H9BrN2O3S/c1-6(5-16)3-11-4-7(10)2-8(9(11)13)12(14)15/h2,4,16H,1,3,5H2. The van der Waals surface area contributed by atoms with E-state index in [0.717, 1.165) is 0 Å². The van der Waals surface area contributed by atoms with Crippen molar-refractivity contribution in [3.8, 4) is 0 Å². The van der Waals surface area contributed by atoms with Crippen LogP contribution in [-0.2, 0) is 6.54 Å². The number of rotatable bonds is 4. The maximum Gasteiger partial charge on any atom is 0.335 e. The Bertz CT molecular complexity index is 498. The molecule has 0 aliphatic carbocycles. The van der Waals surface area contributed by atoms with E-state index >= 15 is 0 Å². The molecular formula is C9H9BrN2O3S. The van der Waals surface area contributed by atoms with Crippen molar-refractivity contribution in [2.24, 2.45) is 0 Å². The summed E-state index contributed by atoms with van der Waals surface area (Å²) in [4.78, 5) is 21.6. The van der Waals surface area contributed by atoms with Gasteiger partial charge in [-0.05, 0) is 21.5 Å². The Morgan fingerprint density at radius 3 is 2.81 bits per heavy atom. The molecule has 0 aliphatic rings. The third kappa shape index (κ3) is 2.96. The fourth-order valence-corrected chi connectivity index (χ4v) is 1.69. The summed E-state index contributed by atoms with van der Waals surface area (Å²) < 4.78 is 1.71. The van der Waals surface area contributed by atoms with Crippen LogP contribution in [0.3, 0.4) is 0 Å².